The molecule has 4 rings (SSSR count). The molecule has 3 heterocycles. The van der Waals surface area contributed by atoms with Gasteiger partial charge >= 0.3 is 5.97 Å². The zero-order valence-electron chi connectivity index (χ0n) is 20.5. The molecule has 1 aromatic heterocycles. The minimum Gasteiger partial charge on any atom is -0.493 e. The predicted molar refractivity (Wildman–Crippen MR) is 127 cm³/mol. The first-order valence-corrected chi connectivity index (χ1v) is 11.8. The van der Waals surface area contributed by atoms with Crippen molar-refractivity contribution in [3.05, 3.63) is 53.3 Å². The zero-order chi connectivity index (χ0) is 25.1. The lowest BCUT2D eigenvalue weighted by Crippen LogP contribution is -2.49. The predicted octanol–water partition coefficient (Wildman–Crippen LogP) is 2.81. The van der Waals surface area contributed by atoms with Gasteiger partial charge < -0.3 is 24.0 Å². The fourth-order valence-electron chi connectivity index (χ4n) is 5.07. The molecule has 0 bridgehead atoms. The van der Waals surface area contributed by atoms with E-state index in [1.807, 2.05) is 6.07 Å². The third kappa shape index (κ3) is 4.54. The molecule has 35 heavy (non-hydrogen) atoms. The lowest BCUT2D eigenvalue weighted by atomic mass is 9.78. The molecule has 1 fully saturated rings. The normalized spacial score (nSPS) is 20.3. The first-order valence-electron chi connectivity index (χ1n) is 11.8. The lowest BCUT2D eigenvalue weighted by molar-refractivity contribution is -0.151. The quantitative estimate of drug-likeness (QED) is 0.585. The fourth-order valence-corrected chi connectivity index (χ4v) is 5.07. The summed E-state index contributed by atoms with van der Waals surface area (Å²) in [6, 6.07) is 6.50. The van der Waals surface area contributed by atoms with E-state index in [-0.39, 0.29) is 23.7 Å². The molecule has 9 nitrogen and oxygen atoms in total. The summed E-state index contributed by atoms with van der Waals surface area (Å²) in [5.41, 5.74) is 1.77. The van der Waals surface area contributed by atoms with Crippen molar-refractivity contribution in [1.82, 2.24) is 14.8 Å². The number of fused-ring (bicyclic) bond motifs is 1. The molecule has 0 saturated carbocycles. The number of hydrogen-bond donors (Lipinski definition) is 0. The average molecular weight is 482 g/mol. The van der Waals surface area contributed by atoms with Crippen molar-refractivity contribution in [2.45, 2.75) is 31.7 Å². The number of ether oxygens (including phenoxy) is 3. The molecule has 0 spiro atoms. The van der Waals surface area contributed by atoms with Gasteiger partial charge in [0.05, 0.1) is 38.7 Å². The van der Waals surface area contributed by atoms with E-state index in [1.165, 1.54) is 14.2 Å². The topological polar surface area (TPSA) is 98.3 Å². The monoisotopic (exact) mass is 481 g/mol. The Hall–Kier alpha value is -3.62. The first kappa shape index (κ1) is 24.5. The molecule has 0 aliphatic carbocycles. The molecular weight excluding hydrogens is 450 g/mol. The maximum absolute atomic E-state index is 14.1. The minimum atomic E-state index is -0.671. The number of benzene rings is 1. The molecular formula is C26H31N3O6. The summed E-state index contributed by atoms with van der Waals surface area (Å²) >= 11 is 0. The third-order valence-electron chi connectivity index (χ3n) is 6.89. The van der Waals surface area contributed by atoms with Crippen LogP contribution in [0.4, 0.5) is 0 Å². The van der Waals surface area contributed by atoms with E-state index in [0.29, 0.717) is 55.2 Å². The number of carbonyl (C=O) groups is 3. The Morgan fingerprint density at radius 3 is 2.40 bits per heavy atom. The minimum absolute atomic E-state index is 0.103. The smallest absolute Gasteiger partial charge is 0.309 e. The molecule has 0 radical (unpaired) electrons. The molecule has 186 valence electrons. The van der Waals surface area contributed by atoms with Crippen LogP contribution in [0.2, 0.25) is 0 Å². The highest BCUT2D eigenvalue weighted by molar-refractivity contribution is 6.02. The van der Waals surface area contributed by atoms with Crippen LogP contribution in [-0.4, -0.2) is 73.5 Å². The van der Waals surface area contributed by atoms with Gasteiger partial charge in [-0.3, -0.25) is 19.4 Å². The second-order valence-electron chi connectivity index (χ2n) is 8.77. The van der Waals surface area contributed by atoms with Gasteiger partial charge in [0.25, 0.3) is 5.91 Å². The van der Waals surface area contributed by atoms with Crippen molar-refractivity contribution >= 4 is 17.8 Å². The Morgan fingerprint density at radius 1 is 1.11 bits per heavy atom. The van der Waals surface area contributed by atoms with Crippen LogP contribution in [0.15, 0.2) is 36.7 Å². The number of pyridine rings is 1. The molecule has 1 saturated heterocycles. The summed E-state index contributed by atoms with van der Waals surface area (Å²) in [5, 5.41) is 0. The number of rotatable bonds is 6. The van der Waals surface area contributed by atoms with Gasteiger partial charge in [-0.05, 0) is 49.1 Å². The number of esters is 1. The van der Waals surface area contributed by atoms with Crippen molar-refractivity contribution in [2.75, 3.05) is 41.0 Å². The van der Waals surface area contributed by atoms with Gasteiger partial charge in [0.2, 0.25) is 5.91 Å². The van der Waals surface area contributed by atoms with Crippen LogP contribution in [0.3, 0.4) is 0 Å². The molecule has 0 N–H and O–H groups in total. The van der Waals surface area contributed by atoms with Gasteiger partial charge in [0.15, 0.2) is 11.5 Å². The number of amides is 2. The van der Waals surface area contributed by atoms with E-state index < -0.39 is 12.0 Å². The summed E-state index contributed by atoms with van der Waals surface area (Å²) in [4.78, 5) is 47.3. The third-order valence-corrected chi connectivity index (χ3v) is 6.89. The number of nitrogens with zero attached hydrogens (tertiary/aromatic N) is 3. The summed E-state index contributed by atoms with van der Waals surface area (Å²) < 4.78 is 16.1. The van der Waals surface area contributed by atoms with Crippen LogP contribution >= 0.6 is 0 Å². The molecule has 1 aromatic carbocycles. The SMILES string of the molecule is CCOC(=O)C1CCN(C(=O)C2c3cc(OC)c(OC)cc3C(=O)N(C)C2c2cccnc2)CC1. The Labute approximate surface area is 205 Å². The standard InChI is InChI=1S/C26H31N3O6/c1-5-35-26(32)16-8-11-29(12-9-16)25(31)22-18-13-20(33-3)21(34-4)14-19(18)24(30)28(2)23(22)17-7-6-10-27-15-17/h6-7,10,13-16,22-23H,5,8-9,11-12H2,1-4H3. The van der Waals surface area contributed by atoms with Crippen molar-refractivity contribution < 1.29 is 28.6 Å². The van der Waals surface area contributed by atoms with Crippen LogP contribution < -0.4 is 9.47 Å². The Kier molecular flexibility index (Phi) is 7.23. The maximum Gasteiger partial charge on any atom is 0.309 e. The molecule has 2 aliphatic rings. The van der Waals surface area contributed by atoms with Crippen molar-refractivity contribution in [1.29, 1.82) is 0 Å². The number of piperidine rings is 1. The highest BCUT2D eigenvalue weighted by Gasteiger charge is 2.45. The van der Waals surface area contributed by atoms with Gasteiger partial charge in [-0.15, -0.1) is 0 Å². The van der Waals surface area contributed by atoms with Crippen molar-refractivity contribution in [3.8, 4) is 11.5 Å². The second-order valence-corrected chi connectivity index (χ2v) is 8.77. The molecule has 2 aromatic rings. The van der Waals surface area contributed by atoms with Gasteiger partial charge in [0.1, 0.15) is 0 Å². The van der Waals surface area contributed by atoms with E-state index in [4.69, 9.17) is 14.2 Å². The highest BCUT2D eigenvalue weighted by atomic mass is 16.5. The van der Waals surface area contributed by atoms with Gasteiger partial charge in [0, 0.05) is 38.1 Å². The number of aromatic nitrogens is 1. The van der Waals surface area contributed by atoms with Crippen LogP contribution in [0.5, 0.6) is 11.5 Å². The molecule has 9 heteroatoms. The van der Waals surface area contributed by atoms with Crippen molar-refractivity contribution in [3.63, 3.8) is 0 Å². The Bertz CT molecular complexity index is 1100. The maximum atomic E-state index is 14.1. The summed E-state index contributed by atoms with van der Waals surface area (Å²) in [7, 11) is 4.74. The molecule has 2 unspecified atom stereocenters. The zero-order valence-corrected chi connectivity index (χ0v) is 20.5. The highest BCUT2D eigenvalue weighted by Crippen LogP contribution is 2.46. The summed E-state index contributed by atoms with van der Waals surface area (Å²) in [6.45, 7) is 3.02. The Morgan fingerprint density at radius 2 is 1.80 bits per heavy atom. The molecule has 2 aliphatic heterocycles. The van der Waals surface area contributed by atoms with E-state index >= 15 is 0 Å². The summed E-state index contributed by atoms with van der Waals surface area (Å²) in [6.07, 6.45) is 4.44. The second kappa shape index (κ2) is 10.3. The van der Waals surface area contributed by atoms with Gasteiger partial charge in [-0.2, -0.15) is 0 Å². The number of hydrogen-bond acceptors (Lipinski definition) is 7. The number of likely N-dealkylation sites (N-methyl/N-ethyl adjacent to an activating group) is 1. The van der Waals surface area contributed by atoms with Crippen LogP contribution in [0.1, 0.15) is 53.2 Å². The Balaban J connectivity index is 1.74. The lowest BCUT2D eigenvalue weighted by Gasteiger charge is -2.42. The molecule has 2 amide bonds. The van der Waals surface area contributed by atoms with Gasteiger partial charge in [-0.25, -0.2) is 0 Å². The van der Waals surface area contributed by atoms with E-state index in [2.05, 4.69) is 4.98 Å². The van der Waals surface area contributed by atoms with Crippen LogP contribution in [0.25, 0.3) is 0 Å². The fraction of sp³-hybridized carbons (Fsp3) is 0.462. The first-order chi connectivity index (χ1) is 16.9. The van der Waals surface area contributed by atoms with E-state index in [1.54, 1.807) is 54.4 Å². The van der Waals surface area contributed by atoms with Crippen molar-refractivity contribution in [2.24, 2.45) is 5.92 Å². The van der Waals surface area contributed by atoms with Crippen LogP contribution in [-0.2, 0) is 14.3 Å². The van der Waals surface area contributed by atoms with Crippen LogP contribution in [0, 0.1) is 5.92 Å². The average Bonchev–Trinajstić information content (AvgIpc) is 2.90. The summed E-state index contributed by atoms with van der Waals surface area (Å²) in [5.74, 6) is -0.523. The van der Waals surface area contributed by atoms with E-state index in [0.717, 1.165) is 5.56 Å². The van der Waals surface area contributed by atoms with Gasteiger partial charge in [-0.1, -0.05) is 6.07 Å². The molecule has 2 atom stereocenters. The van der Waals surface area contributed by atoms with E-state index in [9.17, 15) is 14.4 Å². The number of likely N-dealkylation sites (tertiary alicyclic amines) is 1. The number of carbonyl (C=O) groups excluding carboxylic acids is 3. The largest absolute Gasteiger partial charge is 0.493 e. The number of methoxy groups -OCH3 is 2.